The van der Waals surface area contributed by atoms with E-state index in [1.807, 2.05) is 18.2 Å². The molecular formula is C21H18ClN3O3. The number of esters is 1. The molecule has 2 aromatic carbocycles. The zero-order chi connectivity index (χ0) is 19.9. The average Bonchev–Trinajstić information content (AvgIpc) is 2.71. The largest absolute Gasteiger partial charge is 0.462 e. The molecule has 3 rings (SSSR count). The number of halogens is 1. The first kappa shape index (κ1) is 19.4. The molecule has 0 aliphatic carbocycles. The third kappa shape index (κ3) is 4.66. The number of benzene rings is 2. The van der Waals surface area contributed by atoms with E-state index in [4.69, 9.17) is 16.3 Å². The Hall–Kier alpha value is -3.38. The third-order valence-corrected chi connectivity index (χ3v) is 4.16. The highest BCUT2D eigenvalue weighted by Crippen LogP contribution is 2.24. The van der Waals surface area contributed by atoms with E-state index in [-0.39, 0.29) is 12.5 Å². The van der Waals surface area contributed by atoms with Gasteiger partial charge < -0.3 is 15.4 Å². The molecule has 0 atom stereocenters. The topological polar surface area (TPSA) is 80.3 Å². The van der Waals surface area contributed by atoms with E-state index >= 15 is 0 Å². The summed E-state index contributed by atoms with van der Waals surface area (Å²) in [6.07, 6.45) is 1.45. The second kappa shape index (κ2) is 9.01. The predicted molar refractivity (Wildman–Crippen MR) is 109 cm³/mol. The van der Waals surface area contributed by atoms with Crippen LogP contribution in [0.4, 0.5) is 17.2 Å². The molecule has 0 spiro atoms. The van der Waals surface area contributed by atoms with Gasteiger partial charge in [-0.05, 0) is 43.3 Å². The number of nitrogens with one attached hydrogen (secondary N) is 2. The molecule has 0 bridgehead atoms. The van der Waals surface area contributed by atoms with Crippen LogP contribution in [0.5, 0.6) is 0 Å². The third-order valence-electron chi connectivity index (χ3n) is 3.83. The zero-order valence-corrected chi connectivity index (χ0v) is 15.9. The lowest BCUT2D eigenvalue weighted by molar-refractivity contribution is 0.0527. The first-order valence-electron chi connectivity index (χ1n) is 8.63. The van der Waals surface area contributed by atoms with Crippen molar-refractivity contribution in [1.82, 2.24) is 4.98 Å². The summed E-state index contributed by atoms with van der Waals surface area (Å²) in [6.45, 7) is 1.98. The van der Waals surface area contributed by atoms with Gasteiger partial charge in [0.25, 0.3) is 5.91 Å². The van der Waals surface area contributed by atoms with E-state index in [2.05, 4.69) is 15.6 Å². The van der Waals surface area contributed by atoms with Crippen LogP contribution in [0.1, 0.15) is 27.6 Å². The summed E-state index contributed by atoms with van der Waals surface area (Å²) in [5.41, 5.74) is 1.74. The summed E-state index contributed by atoms with van der Waals surface area (Å²) in [6, 6.07) is 17.3. The summed E-state index contributed by atoms with van der Waals surface area (Å²) in [4.78, 5) is 28.8. The molecule has 0 aliphatic rings. The average molecular weight is 396 g/mol. The second-order valence-corrected chi connectivity index (χ2v) is 6.16. The molecule has 2 N–H and O–H groups in total. The van der Waals surface area contributed by atoms with Crippen LogP contribution in [0.3, 0.4) is 0 Å². The first-order valence-corrected chi connectivity index (χ1v) is 9.01. The highest BCUT2D eigenvalue weighted by atomic mass is 35.5. The summed E-state index contributed by atoms with van der Waals surface area (Å²) in [7, 11) is 0. The van der Waals surface area contributed by atoms with Gasteiger partial charge in [0, 0.05) is 6.20 Å². The smallest absolute Gasteiger partial charge is 0.340 e. The molecule has 1 aromatic heterocycles. The number of anilines is 3. The number of hydrogen-bond acceptors (Lipinski definition) is 5. The number of amides is 1. The standard InChI is InChI=1S/C21H18ClN3O3/c1-2-28-21(27)15-7-3-5-9-17(15)25-20(26)14-11-12-19(23-13-14)24-18-10-6-4-8-16(18)22/h3-13H,2H2,1H3,(H,23,24)(H,25,26). The zero-order valence-electron chi connectivity index (χ0n) is 15.1. The van der Waals surface area contributed by atoms with E-state index in [0.29, 0.717) is 27.7 Å². The van der Waals surface area contributed by atoms with Crippen molar-refractivity contribution in [2.75, 3.05) is 17.2 Å². The van der Waals surface area contributed by atoms with E-state index in [1.54, 1.807) is 49.4 Å². The van der Waals surface area contributed by atoms with Gasteiger partial charge in [0.1, 0.15) is 5.82 Å². The van der Waals surface area contributed by atoms with Gasteiger partial charge in [0.05, 0.1) is 34.1 Å². The summed E-state index contributed by atoms with van der Waals surface area (Å²) in [5.74, 6) is -0.319. The van der Waals surface area contributed by atoms with Gasteiger partial charge in [-0.3, -0.25) is 4.79 Å². The Morgan fingerprint density at radius 2 is 1.71 bits per heavy atom. The van der Waals surface area contributed by atoms with E-state index < -0.39 is 5.97 Å². The number of pyridine rings is 1. The van der Waals surface area contributed by atoms with Crippen molar-refractivity contribution in [2.45, 2.75) is 6.92 Å². The Bertz CT molecular complexity index is 990. The predicted octanol–water partition coefficient (Wildman–Crippen LogP) is 4.91. The first-order chi connectivity index (χ1) is 13.6. The minimum atomic E-state index is -0.490. The van der Waals surface area contributed by atoms with Gasteiger partial charge in [-0.25, -0.2) is 9.78 Å². The number of para-hydroxylation sites is 2. The van der Waals surface area contributed by atoms with Gasteiger partial charge in [-0.2, -0.15) is 0 Å². The Labute approximate surface area is 167 Å². The van der Waals surface area contributed by atoms with E-state index in [9.17, 15) is 9.59 Å². The lowest BCUT2D eigenvalue weighted by atomic mass is 10.1. The van der Waals surface area contributed by atoms with Crippen LogP contribution in [0.25, 0.3) is 0 Å². The van der Waals surface area contributed by atoms with Gasteiger partial charge in [-0.15, -0.1) is 0 Å². The fourth-order valence-electron chi connectivity index (χ4n) is 2.48. The fraction of sp³-hybridized carbons (Fsp3) is 0.0952. The molecular weight excluding hydrogens is 378 g/mol. The lowest BCUT2D eigenvalue weighted by Gasteiger charge is -2.11. The van der Waals surface area contributed by atoms with Crippen molar-refractivity contribution < 1.29 is 14.3 Å². The van der Waals surface area contributed by atoms with Crippen molar-refractivity contribution in [3.8, 4) is 0 Å². The number of hydrogen-bond donors (Lipinski definition) is 2. The minimum absolute atomic E-state index is 0.255. The van der Waals surface area contributed by atoms with Crippen molar-refractivity contribution >= 4 is 40.7 Å². The molecule has 142 valence electrons. The van der Waals surface area contributed by atoms with E-state index in [1.165, 1.54) is 6.20 Å². The molecule has 0 fully saturated rings. The van der Waals surface area contributed by atoms with Crippen LogP contribution in [0.2, 0.25) is 5.02 Å². The molecule has 28 heavy (non-hydrogen) atoms. The van der Waals surface area contributed by atoms with Crippen LogP contribution in [0.15, 0.2) is 66.9 Å². The Kier molecular flexibility index (Phi) is 6.24. The summed E-state index contributed by atoms with van der Waals surface area (Å²) >= 11 is 6.12. The van der Waals surface area contributed by atoms with Gasteiger partial charge in [-0.1, -0.05) is 35.9 Å². The van der Waals surface area contributed by atoms with Crippen molar-refractivity contribution in [3.63, 3.8) is 0 Å². The monoisotopic (exact) mass is 395 g/mol. The molecule has 0 saturated heterocycles. The lowest BCUT2D eigenvalue weighted by Crippen LogP contribution is -2.16. The SMILES string of the molecule is CCOC(=O)c1ccccc1NC(=O)c1ccc(Nc2ccccc2Cl)nc1. The van der Waals surface area contributed by atoms with Gasteiger partial charge in [0.15, 0.2) is 0 Å². The van der Waals surface area contributed by atoms with Crippen molar-refractivity contribution in [1.29, 1.82) is 0 Å². The van der Waals surface area contributed by atoms with Gasteiger partial charge >= 0.3 is 5.97 Å². The Morgan fingerprint density at radius 3 is 2.39 bits per heavy atom. The van der Waals surface area contributed by atoms with Crippen molar-refractivity contribution in [3.05, 3.63) is 83.0 Å². The number of ether oxygens (including phenoxy) is 1. The number of nitrogens with zero attached hydrogens (tertiary/aromatic N) is 1. The highest BCUT2D eigenvalue weighted by Gasteiger charge is 2.15. The quantitative estimate of drug-likeness (QED) is 0.580. The molecule has 0 radical (unpaired) electrons. The summed E-state index contributed by atoms with van der Waals surface area (Å²) in [5, 5.41) is 6.38. The van der Waals surface area contributed by atoms with E-state index in [0.717, 1.165) is 5.69 Å². The number of aromatic nitrogens is 1. The van der Waals surface area contributed by atoms with Gasteiger partial charge in [0.2, 0.25) is 0 Å². The number of rotatable bonds is 6. The maximum atomic E-state index is 12.5. The highest BCUT2D eigenvalue weighted by molar-refractivity contribution is 6.33. The molecule has 0 aliphatic heterocycles. The number of carbonyl (C=O) groups excluding carboxylic acids is 2. The van der Waals surface area contributed by atoms with Crippen LogP contribution in [-0.4, -0.2) is 23.5 Å². The van der Waals surface area contributed by atoms with Crippen LogP contribution in [-0.2, 0) is 4.74 Å². The normalized spacial score (nSPS) is 10.2. The second-order valence-electron chi connectivity index (χ2n) is 5.76. The maximum absolute atomic E-state index is 12.5. The van der Waals surface area contributed by atoms with Crippen LogP contribution in [0, 0.1) is 0 Å². The van der Waals surface area contributed by atoms with Crippen LogP contribution < -0.4 is 10.6 Å². The fourth-order valence-corrected chi connectivity index (χ4v) is 2.66. The molecule has 0 saturated carbocycles. The molecule has 1 heterocycles. The summed E-state index contributed by atoms with van der Waals surface area (Å²) < 4.78 is 5.02. The molecule has 6 nitrogen and oxygen atoms in total. The minimum Gasteiger partial charge on any atom is -0.462 e. The van der Waals surface area contributed by atoms with Crippen molar-refractivity contribution in [2.24, 2.45) is 0 Å². The molecule has 0 unspecified atom stereocenters. The molecule has 1 amide bonds. The van der Waals surface area contributed by atoms with Crippen LogP contribution >= 0.6 is 11.6 Å². The Morgan fingerprint density at radius 1 is 1.00 bits per heavy atom. The molecule has 7 heteroatoms. The Balaban J connectivity index is 1.72. The number of carbonyl (C=O) groups is 2. The molecule has 3 aromatic rings. The maximum Gasteiger partial charge on any atom is 0.340 e.